The summed E-state index contributed by atoms with van der Waals surface area (Å²) in [6.45, 7) is 6.11. The summed E-state index contributed by atoms with van der Waals surface area (Å²) in [7, 11) is -3.42. The van der Waals surface area contributed by atoms with Gasteiger partial charge in [-0.15, -0.1) is 0 Å². The predicted molar refractivity (Wildman–Crippen MR) is 117 cm³/mol. The van der Waals surface area contributed by atoms with Gasteiger partial charge in [0.15, 0.2) is 0 Å². The number of hydrogen-bond donors (Lipinski definition) is 1. The Morgan fingerprint density at radius 3 is 2.28 bits per heavy atom. The Kier molecular flexibility index (Phi) is 6.82. The average Bonchev–Trinajstić information content (AvgIpc) is 2.70. The Morgan fingerprint density at radius 1 is 1.00 bits per heavy atom. The first-order chi connectivity index (χ1) is 13.8. The van der Waals surface area contributed by atoms with Gasteiger partial charge >= 0.3 is 0 Å². The Labute approximate surface area is 177 Å². The fourth-order valence-corrected chi connectivity index (χ4v) is 4.75. The number of benzene rings is 2. The lowest BCUT2D eigenvalue weighted by Gasteiger charge is -2.35. The normalized spacial score (nSPS) is 15.3. The molecule has 1 aliphatic heterocycles. The van der Waals surface area contributed by atoms with E-state index in [0.29, 0.717) is 36.8 Å². The van der Waals surface area contributed by atoms with Crippen molar-refractivity contribution in [3.05, 3.63) is 64.2 Å². The highest BCUT2D eigenvalue weighted by atomic mass is 35.5. The van der Waals surface area contributed by atoms with Crippen LogP contribution < -0.4 is 10.2 Å². The second-order valence-electron chi connectivity index (χ2n) is 7.23. The molecular formula is C21H26ClN3O3S. The molecule has 2 aromatic rings. The Bertz CT molecular complexity index is 969. The third-order valence-corrected chi connectivity index (χ3v) is 7.36. The number of carbonyl (C=O) groups is 1. The largest absolute Gasteiger partial charge is 0.369 e. The number of sulfonamides is 1. The van der Waals surface area contributed by atoms with Crippen molar-refractivity contribution in [3.63, 3.8) is 0 Å². The van der Waals surface area contributed by atoms with Gasteiger partial charge in [0.25, 0.3) is 5.91 Å². The smallest absolute Gasteiger partial charge is 0.251 e. The summed E-state index contributed by atoms with van der Waals surface area (Å²) < 4.78 is 26.8. The first-order valence-corrected chi connectivity index (χ1v) is 11.6. The number of rotatable bonds is 6. The van der Waals surface area contributed by atoms with E-state index in [1.807, 2.05) is 50.2 Å². The van der Waals surface area contributed by atoms with E-state index in [1.165, 1.54) is 4.31 Å². The minimum atomic E-state index is -3.42. The van der Waals surface area contributed by atoms with E-state index in [-0.39, 0.29) is 18.2 Å². The van der Waals surface area contributed by atoms with Gasteiger partial charge in [0.2, 0.25) is 10.0 Å². The monoisotopic (exact) mass is 435 g/mol. The van der Waals surface area contributed by atoms with Crippen LogP contribution >= 0.6 is 11.6 Å². The van der Waals surface area contributed by atoms with Gasteiger partial charge in [0.1, 0.15) is 0 Å². The molecule has 1 saturated heterocycles. The van der Waals surface area contributed by atoms with E-state index in [1.54, 1.807) is 6.07 Å². The lowest BCUT2D eigenvalue weighted by molar-refractivity contribution is 0.0956. The molecule has 2 aromatic carbocycles. The van der Waals surface area contributed by atoms with Crippen LogP contribution in [0.15, 0.2) is 42.5 Å². The highest BCUT2D eigenvalue weighted by Gasteiger charge is 2.27. The molecule has 0 bridgehead atoms. The number of carbonyl (C=O) groups excluding carboxylic acids is 1. The molecule has 1 heterocycles. The van der Waals surface area contributed by atoms with Crippen molar-refractivity contribution < 1.29 is 13.2 Å². The number of aryl methyl sites for hydroxylation is 2. The maximum atomic E-state index is 12.6. The molecule has 3 rings (SSSR count). The van der Waals surface area contributed by atoms with Crippen LogP contribution in [0.2, 0.25) is 5.02 Å². The van der Waals surface area contributed by atoms with Gasteiger partial charge in [0.05, 0.1) is 5.75 Å². The fraction of sp³-hybridized carbons (Fsp3) is 0.381. The molecule has 1 N–H and O–H groups in total. The van der Waals surface area contributed by atoms with E-state index in [2.05, 4.69) is 10.2 Å². The van der Waals surface area contributed by atoms with Crippen molar-refractivity contribution in [2.24, 2.45) is 0 Å². The predicted octanol–water partition coefficient (Wildman–Crippen LogP) is 2.84. The summed E-state index contributed by atoms with van der Waals surface area (Å²) in [5.74, 6) is -0.360. The number of amides is 1. The molecule has 1 amide bonds. The summed E-state index contributed by atoms with van der Waals surface area (Å²) in [5, 5.41) is 3.39. The van der Waals surface area contributed by atoms with Crippen molar-refractivity contribution in [1.82, 2.24) is 9.62 Å². The molecule has 8 heteroatoms. The van der Waals surface area contributed by atoms with Gasteiger partial charge in [-0.25, -0.2) is 8.42 Å². The van der Waals surface area contributed by atoms with Crippen LogP contribution in [-0.2, 0) is 10.0 Å². The number of halogens is 1. The molecule has 156 valence electrons. The van der Waals surface area contributed by atoms with E-state index >= 15 is 0 Å². The van der Waals surface area contributed by atoms with Gasteiger partial charge < -0.3 is 10.2 Å². The van der Waals surface area contributed by atoms with E-state index in [9.17, 15) is 13.2 Å². The van der Waals surface area contributed by atoms with Crippen LogP contribution in [0.5, 0.6) is 0 Å². The van der Waals surface area contributed by atoms with Crippen LogP contribution in [-0.4, -0.2) is 57.1 Å². The van der Waals surface area contributed by atoms with E-state index < -0.39 is 10.0 Å². The summed E-state index contributed by atoms with van der Waals surface area (Å²) >= 11 is 5.92. The van der Waals surface area contributed by atoms with Crippen LogP contribution in [0.3, 0.4) is 0 Å². The summed E-state index contributed by atoms with van der Waals surface area (Å²) in [4.78, 5) is 14.4. The minimum Gasteiger partial charge on any atom is -0.369 e. The number of nitrogens with one attached hydrogen (secondary N) is 1. The first-order valence-electron chi connectivity index (χ1n) is 9.60. The number of piperazine rings is 1. The molecule has 0 aliphatic carbocycles. The van der Waals surface area contributed by atoms with Crippen molar-refractivity contribution >= 4 is 33.2 Å². The molecule has 0 unspecified atom stereocenters. The van der Waals surface area contributed by atoms with Gasteiger partial charge in [-0.3, -0.25) is 4.79 Å². The van der Waals surface area contributed by atoms with Gasteiger partial charge in [-0.2, -0.15) is 4.31 Å². The zero-order valence-corrected chi connectivity index (χ0v) is 18.3. The molecule has 0 atom stereocenters. The number of hydrogen-bond acceptors (Lipinski definition) is 4. The molecule has 0 aromatic heterocycles. The fourth-order valence-electron chi connectivity index (χ4n) is 3.28. The standard InChI is InChI=1S/C21H26ClN3O3S/c1-16-3-4-18(15-17(16)2)21(26)23-9-14-29(27,28)25-12-10-24(11-13-25)20-7-5-19(22)6-8-20/h3-8,15H,9-14H2,1-2H3,(H,23,26). The van der Waals surface area contributed by atoms with Crippen molar-refractivity contribution in [2.45, 2.75) is 13.8 Å². The van der Waals surface area contributed by atoms with E-state index in [0.717, 1.165) is 16.8 Å². The zero-order valence-electron chi connectivity index (χ0n) is 16.7. The molecule has 29 heavy (non-hydrogen) atoms. The maximum absolute atomic E-state index is 12.6. The second kappa shape index (κ2) is 9.15. The lowest BCUT2D eigenvalue weighted by Crippen LogP contribution is -2.50. The quantitative estimate of drug-likeness (QED) is 0.757. The maximum Gasteiger partial charge on any atom is 0.251 e. The van der Waals surface area contributed by atoms with Crippen LogP contribution in [0.25, 0.3) is 0 Å². The third kappa shape index (κ3) is 5.50. The lowest BCUT2D eigenvalue weighted by atomic mass is 10.1. The third-order valence-electron chi connectivity index (χ3n) is 5.24. The SMILES string of the molecule is Cc1ccc(C(=O)NCCS(=O)(=O)N2CCN(c3ccc(Cl)cc3)CC2)cc1C. The van der Waals surface area contributed by atoms with Gasteiger partial charge in [-0.05, 0) is 61.4 Å². The van der Waals surface area contributed by atoms with Gasteiger partial charge in [-0.1, -0.05) is 17.7 Å². The Balaban J connectivity index is 1.49. The average molecular weight is 436 g/mol. The Morgan fingerprint density at radius 2 is 1.66 bits per heavy atom. The summed E-state index contributed by atoms with van der Waals surface area (Å²) in [6.07, 6.45) is 0. The second-order valence-corrected chi connectivity index (χ2v) is 9.76. The van der Waals surface area contributed by atoms with Crippen molar-refractivity contribution in [3.8, 4) is 0 Å². The Hall–Kier alpha value is -2.09. The molecule has 6 nitrogen and oxygen atoms in total. The zero-order chi connectivity index (χ0) is 21.0. The van der Waals surface area contributed by atoms with E-state index in [4.69, 9.17) is 11.6 Å². The van der Waals surface area contributed by atoms with Crippen LogP contribution in [0.4, 0.5) is 5.69 Å². The van der Waals surface area contributed by atoms with Crippen molar-refractivity contribution in [1.29, 1.82) is 0 Å². The molecule has 0 spiro atoms. The highest BCUT2D eigenvalue weighted by molar-refractivity contribution is 7.89. The van der Waals surface area contributed by atoms with Crippen LogP contribution in [0.1, 0.15) is 21.5 Å². The highest BCUT2D eigenvalue weighted by Crippen LogP contribution is 2.20. The summed E-state index contributed by atoms with van der Waals surface area (Å²) in [6, 6.07) is 13.0. The van der Waals surface area contributed by atoms with Gasteiger partial charge in [0, 0.05) is 49.0 Å². The molecule has 0 radical (unpaired) electrons. The molecule has 1 fully saturated rings. The molecular weight excluding hydrogens is 410 g/mol. The number of nitrogens with zero attached hydrogens (tertiary/aromatic N) is 2. The first kappa shape index (κ1) is 21.6. The summed E-state index contributed by atoms with van der Waals surface area (Å²) in [5.41, 5.74) is 3.72. The molecule has 1 aliphatic rings. The topological polar surface area (TPSA) is 69.7 Å². The van der Waals surface area contributed by atoms with Crippen molar-refractivity contribution in [2.75, 3.05) is 43.4 Å². The molecule has 0 saturated carbocycles. The van der Waals surface area contributed by atoms with Crippen LogP contribution in [0, 0.1) is 13.8 Å². The minimum absolute atomic E-state index is 0.0888. The number of anilines is 1.